The van der Waals surface area contributed by atoms with Gasteiger partial charge in [-0.3, -0.25) is 4.79 Å². The lowest BCUT2D eigenvalue weighted by molar-refractivity contribution is -0.286. The second-order valence-electron chi connectivity index (χ2n) is 4.16. The molecule has 2 nitrogen and oxygen atoms in total. The van der Waals surface area contributed by atoms with Crippen molar-refractivity contribution in [3.63, 3.8) is 0 Å². The fourth-order valence-corrected chi connectivity index (χ4v) is 1.86. The Bertz CT molecular complexity index is 564. The number of benzene rings is 1. The molecule has 1 aromatic rings. The zero-order valence-electron chi connectivity index (χ0n) is 9.64. The van der Waals surface area contributed by atoms with Crippen molar-refractivity contribution in [3.05, 3.63) is 40.9 Å². The van der Waals surface area contributed by atoms with Gasteiger partial charge < -0.3 is 5.32 Å². The van der Waals surface area contributed by atoms with Gasteiger partial charge in [-0.05, 0) is 23.8 Å². The Labute approximate surface area is 115 Å². The van der Waals surface area contributed by atoms with Crippen LogP contribution in [0.4, 0.5) is 22.0 Å². The first-order valence-corrected chi connectivity index (χ1v) is 5.74. The molecule has 108 valence electrons. The van der Waals surface area contributed by atoms with Crippen LogP contribution in [0.5, 0.6) is 0 Å². The molecule has 1 N–H and O–H groups in total. The molecule has 1 amide bonds. The van der Waals surface area contributed by atoms with Crippen molar-refractivity contribution in [2.75, 3.05) is 0 Å². The van der Waals surface area contributed by atoms with E-state index in [9.17, 15) is 26.7 Å². The number of carbonyl (C=O) groups excluding carboxylic acids is 1. The number of halogens is 6. The second kappa shape index (κ2) is 4.73. The van der Waals surface area contributed by atoms with Crippen LogP contribution < -0.4 is 5.32 Å². The SMILES string of the molecule is O=C1NC(C(F)(F)C(F)(F)F)C=C1c1ccc(Cl)cc1. The van der Waals surface area contributed by atoms with Gasteiger partial charge in [0.25, 0.3) is 5.91 Å². The van der Waals surface area contributed by atoms with Gasteiger partial charge in [0.05, 0.1) is 0 Å². The van der Waals surface area contributed by atoms with E-state index < -0.39 is 24.0 Å². The van der Waals surface area contributed by atoms with Gasteiger partial charge in [-0.2, -0.15) is 22.0 Å². The van der Waals surface area contributed by atoms with E-state index in [1.807, 2.05) is 0 Å². The first-order valence-electron chi connectivity index (χ1n) is 5.36. The van der Waals surface area contributed by atoms with E-state index >= 15 is 0 Å². The Morgan fingerprint density at radius 3 is 2.10 bits per heavy atom. The largest absolute Gasteiger partial charge is 0.455 e. The highest BCUT2D eigenvalue weighted by atomic mass is 35.5. The summed E-state index contributed by atoms with van der Waals surface area (Å²) in [6.07, 6.45) is -5.16. The highest BCUT2D eigenvalue weighted by Gasteiger charge is 2.63. The second-order valence-corrected chi connectivity index (χ2v) is 4.60. The van der Waals surface area contributed by atoms with Gasteiger partial charge >= 0.3 is 12.1 Å². The molecule has 0 bridgehead atoms. The minimum absolute atomic E-state index is 0.215. The number of alkyl halides is 5. The van der Waals surface area contributed by atoms with Crippen molar-refractivity contribution < 1.29 is 26.7 Å². The average Bonchev–Trinajstić information content (AvgIpc) is 2.71. The minimum atomic E-state index is -5.74. The predicted octanol–water partition coefficient (Wildman–Crippen LogP) is 3.42. The lowest BCUT2D eigenvalue weighted by Gasteiger charge is -2.24. The van der Waals surface area contributed by atoms with E-state index in [-0.39, 0.29) is 11.1 Å². The molecule has 0 aliphatic carbocycles. The summed E-state index contributed by atoms with van der Waals surface area (Å²) >= 11 is 5.63. The molecule has 0 fully saturated rings. The number of hydrogen-bond donors (Lipinski definition) is 1. The standard InChI is InChI=1S/C12H7ClF5NO/c13-7-3-1-6(2-4-7)8-5-9(19-10(8)20)11(14,15)12(16,17)18/h1-5,9H,(H,19,20). The molecule has 1 atom stereocenters. The Morgan fingerprint density at radius 2 is 1.60 bits per heavy atom. The molecule has 0 saturated carbocycles. The molecule has 1 aromatic carbocycles. The Balaban J connectivity index is 2.35. The summed E-state index contributed by atoms with van der Waals surface area (Å²) in [6.45, 7) is 0. The third-order valence-corrected chi connectivity index (χ3v) is 3.04. The van der Waals surface area contributed by atoms with E-state index in [1.165, 1.54) is 24.3 Å². The van der Waals surface area contributed by atoms with Crippen molar-refractivity contribution in [1.29, 1.82) is 0 Å². The van der Waals surface area contributed by atoms with Gasteiger partial charge in [-0.25, -0.2) is 0 Å². The van der Waals surface area contributed by atoms with E-state index in [4.69, 9.17) is 11.6 Å². The normalized spacial score (nSPS) is 19.8. The van der Waals surface area contributed by atoms with Crippen LogP contribution in [0.15, 0.2) is 30.3 Å². The smallest absolute Gasteiger partial charge is 0.339 e. The van der Waals surface area contributed by atoms with Crippen LogP contribution in [0.2, 0.25) is 5.02 Å². The van der Waals surface area contributed by atoms with Crippen LogP contribution >= 0.6 is 11.6 Å². The summed E-state index contributed by atoms with van der Waals surface area (Å²) in [5, 5.41) is 1.98. The zero-order chi connectivity index (χ0) is 15.1. The molecule has 1 aliphatic rings. The lowest BCUT2D eigenvalue weighted by atomic mass is 10.0. The van der Waals surface area contributed by atoms with Crippen molar-refractivity contribution >= 4 is 23.1 Å². The first-order chi connectivity index (χ1) is 9.13. The maximum atomic E-state index is 13.2. The van der Waals surface area contributed by atoms with E-state index in [0.717, 1.165) is 0 Å². The van der Waals surface area contributed by atoms with E-state index in [1.54, 1.807) is 5.32 Å². The summed E-state index contributed by atoms with van der Waals surface area (Å²) in [4.78, 5) is 11.5. The molecule has 0 radical (unpaired) electrons. The van der Waals surface area contributed by atoms with Gasteiger partial charge in [-0.15, -0.1) is 0 Å². The molecule has 8 heteroatoms. The fourth-order valence-electron chi connectivity index (χ4n) is 1.73. The third kappa shape index (κ3) is 2.49. The van der Waals surface area contributed by atoms with Crippen molar-refractivity contribution in [2.24, 2.45) is 0 Å². The summed E-state index contributed by atoms with van der Waals surface area (Å²) in [6, 6.07) is 3.12. The molecule has 1 unspecified atom stereocenters. The van der Waals surface area contributed by atoms with Crippen LogP contribution in [0, 0.1) is 0 Å². The maximum absolute atomic E-state index is 13.2. The molecule has 0 saturated heterocycles. The zero-order valence-corrected chi connectivity index (χ0v) is 10.4. The molecule has 1 heterocycles. The molecular weight excluding hydrogens is 305 g/mol. The Hall–Kier alpha value is -1.63. The molecule has 0 spiro atoms. The topological polar surface area (TPSA) is 29.1 Å². The van der Waals surface area contributed by atoms with Gasteiger partial charge in [-0.1, -0.05) is 23.7 Å². The van der Waals surface area contributed by atoms with Crippen molar-refractivity contribution in [2.45, 2.75) is 18.1 Å². The number of amides is 1. The third-order valence-electron chi connectivity index (χ3n) is 2.79. The predicted molar refractivity (Wildman–Crippen MR) is 62.4 cm³/mol. The molecule has 0 aromatic heterocycles. The number of carbonyl (C=O) groups is 1. The maximum Gasteiger partial charge on any atom is 0.455 e. The van der Waals surface area contributed by atoms with Crippen LogP contribution in [-0.2, 0) is 4.79 Å². The highest BCUT2D eigenvalue weighted by Crippen LogP contribution is 2.41. The Kier molecular flexibility index (Phi) is 3.49. The van der Waals surface area contributed by atoms with E-state index in [0.29, 0.717) is 11.1 Å². The summed E-state index contributed by atoms with van der Waals surface area (Å²) in [5.74, 6) is -6.02. The summed E-state index contributed by atoms with van der Waals surface area (Å²) in [5.41, 5.74) is -0.0250. The van der Waals surface area contributed by atoms with Crippen LogP contribution in [0.1, 0.15) is 5.56 Å². The number of hydrogen-bond acceptors (Lipinski definition) is 1. The quantitative estimate of drug-likeness (QED) is 0.833. The minimum Gasteiger partial charge on any atom is -0.339 e. The van der Waals surface area contributed by atoms with Gasteiger partial charge in [0, 0.05) is 10.6 Å². The van der Waals surface area contributed by atoms with Crippen LogP contribution in [-0.4, -0.2) is 24.0 Å². The Morgan fingerprint density at radius 1 is 1.05 bits per heavy atom. The molecular formula is C12H7ClF5NO. The highest BCUT2D eigenvalue weighted by molar-refractivity contribution is 6.30. The molecule has 2 rings (SSSR count). The average molecular weight is 312 g/mol. The van der Waals surface area contributed by atoms with E-state index in [2.05, 4.69) is 0 Å². The molecule has 1 aliphatic heterocycles. The van der Waals surface area contributed by atoms with Gasteiger partial charge in [0.1, 0.15) is 6.04 Å². The first kappa shape index (κ1) is 14.8. The van der Waals surface area contributed by atoms with Crippen molar-refractivity contribution in [1.82, 2.24) is 5.32 Å². The molecule has 20 heavy (non-hydrogen) atoms. The van der Waals surface area contributed by atoms with Gasteiger partial charge in [0.15, 0.2) is 0 Å². The monoisotopic (exact) mass is 311 g/mol. The number of rotatable bonds is 2. The summed E-state index contributed by atoms with van der Waals surface area (Å²) < 4.78 is 63.1. The summed E-state index contributed by atoms with van der Waals surface area (Å²) in [7, 11) is 0. The van der Waals surface area contributed by atoms with Crippen LogP contribution in [0.3, 0.4) is 0 Å². The van der Waals surface area contributed by atoms with Crippen LogP contribution in [0.25, 0.3) is 5.57 Å². The number of nitrogens with one attached hydrogen (secondary N) is 1. The van der Waals surface area contributed by atoms with Gasteiger partial charge in [0.2, 0.25) is 0 Å². The fraction of sp³-hybridized carbons (Fsp3) is 0.250. The lowest BCUT2D eigenvalue weighted by Crippen LogP contribution is -2.52. The van der Waals surface area contributed by atoms with Crippen molar-refractivity contribution in [3.8, 4) is 0 Å².